The molecular formula is C20H31IN6O2. The van der Waals surface area contributed by atoms with E-state index in [0.29, 0.717) is 13.1 Å². The number of nitrogens with one attached hydrogen (secondary N) is 2. The molecule has 1 aliphatic carbocycles. The number of rotatable bonds is 8. The molecule has 160 valence electrons. The van der Waals surface area contributed by atoms with Gasteiger partial charge in [0.15, 0.2) is 23.3 Å². The largest absolute Gasteiger partial charge is 0.493 e. The number of benzene rings is 1. The lowest BCUT2D eigenvalue weighted by Gasteiger charge is -2.19. The van der Waals surface area contributed by atoms with Crippen LogP contribution in [0.2, 0.25) is 0 Å². The first-order chi connectivity index (χ1) is 13.7. The van der Waals surface area contributed by atoms with Crippen LogP contribution in [-0.2, 0) is 20.1 Å². The molecule has 1 aliphatic rings. The number of guanidine groups is 1. The fraction of sp³-hybridized carbons (Fsp3) is 0.550. The number of aliphatic imine (C=N–C) groups is 1. The van der Waals surface area contributed by atoms with Gasteiger partial charge >= 0.3 is 0 Å². The molecule has 1 aromatic carbocycles. The van der Waals surface area contributed by atoms with Crippen molar-refractivity contribution in [1.82, 2.24) is 25.4 Å². The van der Waals surface area contributed by atoms with Crippen LogP contribution in [0.1, 0.15) is 44.0 Å². The summed E-state index contributed by atoms with van der Waals surface area (Å²) < 4.78 is 13.7. The van der Waals surface area contributed by atoms with Crippen molar-refractivity contribution >= 4 is 29.9 Å². The highest BCUT2D eigenvalue weighted by Gasteiger charge is 2.20. The quantitative estimate of drug-likeness (QED) is 0.320. The number of aromatic nitrogens is 3. The molecule has 0 saturated heterocycles. The summed E-state index contributed by atoms with van der Waals surface area (Å²) in [5, 5.41) is 14.6. The lowest BCUT2D eigenvalue weighted by molar-refractivity contribution is 0.198. The molecule has 29 heavy (non-hydrogen) atoms. The number of para-hydroxylation sites is 1. The van der Waals surface area contributed by atoms with Gasteiger partial charge in [0.1, 0.15) is 6.33 Å². The molecule has 1 saturated carbocycles. The summed E-state index contributed by atoms with van der Waals surface area (Å²) in [4.78, 5) is 4.72. The Morgan fingerprint density at radius 1 is 1.28 bits per heavy atom. The van der Waals surface area contributed by atoms with Crippen LogP contribution in [0.25, 0.3) is 0 Å². The van der Waals surface area contributed by atoms with Crippen LogP contribution >= 0.6 is 24.0 Å². The van der Waals surface area contributed by atoms with E-state index in [1.165, 1.54) is 12.8 Å². The highest BCUT2D eigenvalue weighted by molar-refractivity contribution is 14.0. The van der Waals surface area contributed by atoms with Crippen LogP contribution in [0.4, 0.5) is 0 Å². The molecule has 8 nitrogen and oxygen atoms in total. The Morgan fingerprint density at radius 3 is 2.72 bits per heavy atom. The van der Waals surface area contributed by atoms with E-state index < -0.39 is 0 Å². The van der Waals surface area contributed by atoms with Gasteiger partial charge in [-0.25, -0.2) is 4.99 Å². The molecule has 0 amide bonds. The minimum absolute atomic E-state index is 0. The summed E-state index contributed by atoms with van der Waals surface area (Å²) >= 11 is 0. The predicted molar refractivity (Wildman–Crippen MR) is 124 cm³/mol. The van der Waals surface area contributed by atoms with Crippen molar-refractivity contribution in [2.75, 3.05) is 13.7 Å². The molecule has 2 aromatic rings. The summed E-state index contributed by atoms with van der Waals surface area (Å²) in [6, 6.07) is 5.96. The van der Waals surface area contributed by atoms with Crippen molar-refractivity contribution in [3.05, 3.63) is 35.9 Å². The van der Waals surface area contributed by atoms with E-state index >= 15 is 0 Å². The van der Waals surface area contributed by atoms with E-state index in [9.17, 15) is 0 Å². The Kier molecular flexibility index (Phi) is 9.49. The third-order valence-electron chi connectivity index (χ3n) is 4.84. The van der Waals surface area contributed by atoms with Crippen molar-refractivity contribution in [2.24, 2.45) is 12.0 Å². The summed E-state index contributed by atoms with van der Waals surface area (Å²) in [6.45, 7) is 3.85. The van der Waals surface area contributed by atoms with Gasteiger partial charge in [0, 0.05) is 19.2 Å². The Labute approximate surface area is 189 Å². The number of methoxy groups -OCH3 is 1. The van der Waals surface area contributed by atoms with Crippen LogP contribution in [0.5, 0.6) is 11.5 Å². The average molecular weight is 514 g/mol. The zero-order chi connectivity index (χ0) is 19.8. The van der Waals surface area contributed by atoms with Crippen LogP contribution in [0.15, 0.2) is 29.5 Å². The summed E-state index contributed by atoms with van der Waals surface area (Å²) in [7, 11) is 3.60. The fourth-order valence-corrected chi connectivity index (χ4v) is 3.29. The number of ether oxygens (including phenoxy) is 2. The molecule has 1 heterocycles. The number of hydrogen-bond donors (Lipinski definition) is 2. The molecule has 0 radical (unpaired) electrons. The van der Waals surface area contributed by atoms with Crippen LogP contribution < -0.4 is 20.1 Å². The molecule has 2 N–H and O–H groups in total. The van der Waals surface area contributed by atoms with Crippen molar-refractivity contribution in [3.63, 3.8) is 0 Å². The number of nitrogens with zero attached hydrogens (tertiary/aromatic N) is 4. The van der Waals surface area contributed by atoms with Gasteiger partial charge in [-0.05, 0) is 38.7 Å². The van der Waals surface area contributed by atoms with Gasteiger partial charge in [-0.1, -0.05) is 12.1 Å². The molecule has 0 atom stereocenters. The van der Waals surface area contributed by atoms with Crippen LogP contribution in [-0.4, -0.2) is 40.5 Å². The summed E-state index contributed by atoms with van der Waals surface area (Å²) in [6.07, 6.45) is 6.60. The number of aryl methyl sites for hydroxylation is 1. The van der Waals surface area contributed by atoms with Crippen LogP contribution in [0.3, 0.4) is 0 Å². The lowest BCUT2D eigenvalue weighted by atomic mass is 10.1. The Hall–Kier alpha value is -2.04. The zero-order valence-electron chi connectivity index (χ0n) is 17.4. The van der Waals surface area contributed by atoms with Gasteiger partial charge in [0.05, 0.1) is 26.3 Å². The first-order valence-electron chi connectivity index (χ1n) is 9.88. The summed E-state index contributed by atoms with van der Waals surface area (Å²) in [5.74, 6) is 3.14. The van der Waals surface area contributed by atoms with Gasteiger partial charge in [0.25, 0.3) is 0 Å². The van der Waals surface area contributed by atoms with E-state index in [-0.39, 0.29) is 30.1 Å². The van der Waals surface area contributed by atoms with E-state index in [1.807, 2.05) is 36.7 Å². The molecule has 3 rings (SSSR count). The van der Waals surface area contributed by atoms with Crippen molar-refractivity contribution < 1.29 is 9.47 Å². The second kappa shape index (κ2) is 11.8. The fourth-order valence-electron chi connectivity index (χ4n) is 3.29. The molecular weight excluding hydrogens is 483 g/mol. The van der Waals surface area contributed by atoms with Gasteiger partial charge in [-0.2, -0.15) is 0 Å². The zero-order valence-corrected chi connectivity index (χ0v) is 19.7. The topological polar surface area (TPSA) is 85.6 Å². The van der Waals surface area contributed by atoms with Crippen LogP contribution in [0, 0.1) is 0 Å². The Balaban J connectivity index is 0.00000300. The minimum Gasteiger partial charge on any atom is -0.493 e. The SMILES string of the molecule is CCNC(=NCc1cccc(OC)c1OC1CCCC1)NCc1nncn1C.I. The molecule has 1 aromatic heterocycles. The maximum Gasteiger partial charge on any atom is 0.191 e. The molecule has 0 aliphatic heterocycles. The molecule has 0 spiro atoms. The van der Waals surface area contributed by atoms with Gasteiger partial charge in [-0.15, -0.1) is 34.2 Å². The normalized spacial score (nSPS) is 14.4. The van der Waals surface area contributed by atoms with E-state index in [4.69, 9.17) is 14.5 Å². The van der Waals surface area contributed by atoms with E-state index in [0.717, 1.165) is 48.2 Å². The number of hydrogen-bond acceptors (Lipinski definition) is 5. The van der Waals surface area contributed by atoms with Gasteiger partial charge < -0.3 is 24.7 Å². The molecule has 0 unspecified atom stereocenters. The van der Waals surface area contributed by atoms with E-state index in [2.05, 4.69) is 20.8 Å². The summed E-state index contributed by atoms with van der Waals surface area (Å²) in [5.41, 5.74) is 1.02. The van der Waals surface area contributed by atoms with Crippen molar-refractivity contribution in [3.8, 4) is 11.5 Å². The van der Waals surface area contributed by atoms with Gasteiger partial charge in [0.2, 0.25) is 0 Å². The maximum absolute atomic E-state index is 6.30. The van der Waals surface area contributed by atoms with Crippen molar-refractivity contribution in [1.29, 1.82) is 0 Å². The van der Waals surface area contributed by atoms with Gasteiger partial charge in [-0.3, -0.25) is 0 Å². The lowest BCUT2D eigenvalue weighted by Crippen LogP contribution is -2.37. The monoisotopic (exact) mass is 514 g/mol. The number of halogens is 1. The van der Waals surface area contributed by atoms with Crippen molar-refractivity contribution in [2.45, 2.75) is 51.8 Å². The Morgan fingerprint density at radius 2 is 2.07 bits per heavy atom. The third kappa shape index (κ3) is 6.48. The highest BCUT2D eigenvalue weighted by Crippen LogP contribution is 2.35. The maximum atomic E-state index is 6.30. The Bertz CT molecular complexity index is 789. The minimum atomic E-state index is 0. The molecule has 0 bridgehead atoms. The average Bonchev–Trinajstić information content (AvgIpc) is 3.36. The highest BCUT2D eigenvalue weighted by atomic mass is 127. The third-order valence-corrected chi connectivity index (χ3v) is 4.84. The standard InChI is InChI=1S/C20H30N6O2.HI/c1-4-21-20(23-13-18-25-24-14-26(18)2)22-12-15-8-7-11-17(27-3)19(15)28-16-9-5-6-10-16;/h7-8,11,14,16H,4-6,9-10,12-13H2,1-3H3,(H2,21,22,23);1H. The second-order valence-electron chi connectivity index (χ2n) is 6.88. The van der Waals surface area contributed by atoms with E-state index in [1.54, 1.807) is 13.4 Å². The smallest absolute Gasteiger partial charge is 0.191 e. The molecule has 9 heteroatoms. The predicted octanol–water partition coefficient (Wildman–Crippen LogP) is 3.02. The first kappa shape index (κ1) is 23.2. The molecule has 1 fully saturated rings. The first-order valence-corrected chi connectivity index (χ1v) is 9.88. The second-order valence-corrected chi connectivity index (χ2v) is 6.88.